The van der Waals surface area contributed by atoms with Gasteiger partial charge in [0.1, 0.15) is 5.82 Å². The Morgan fingerprint density at radius 2 is 2.33 bits per heavy atom. The summed E-state index contributed by atoms with van der Waals surface area (Å²) in [6.07, 6.45) is -0.0386. The van der Waals surface area contributed by atoms with Gasteiger partial charge in [0.05, 0.1) is 12.1 Å². The molecule has 0 aliphatic carbocycles. The fourth-order valence-electron chi connectivity index (χ4n) is 1.95. The second-order valence-corrected chi connectivity index (χ2v) is 4.15. The molecule has 2 rings (SSSR count). The monoisotopic (exact) mass is 253 g/mol. The van der Waals surface area contributed by atoms with E-state index in [9.17, 15) is 9.18 Å². The van der Waals surface area contributed by atoms with E-state index in [2.05, 4.69) is 16.0 Å². The average molecular weight is 253 g/mol. The Hall–Kier alpha value is -1.66. The molecule has 0 saturated carbocycles. The van der Waals surface area contributed by atoms with Gasteiger partial charge in [0.15, 0.2) is 0 Å². The molecule has 1 unspecified atom stereocenters. The van der Waals surface area contributed by atoms with Crippen LogP contribution in [-0.2, 0) is 4.74 Å². The van der Waals surface area contributed by atoms with Crippen molar-refractivity contribution in [3.8, 4) is 0 Å². The molecule has 5 nitrogen and oxygen atoms in total. The topological polar surface area (TPSA) is 62.4 Å². The van der Waals surface area contributed by atoms with E-state index in [4.69, 9.17) is 4.74 Å². The molecule has 2 atom stereocenters. The number of nitrogens with one attached hydrogen (secondary N) is 3. The highest BCUT2D eigenvalue weighted by atomic mass is 19.1. The second kappa shape index (κ2) is 5.79. The lowest BCUT2D eigenvalue weighted by Crippen LogP contribution is -2.45. The molecular weight excluding hydrogens is 237 g/mol. The summed E-state index contributed by atoms with van der Waals surface area (Å²) in [5.74, 6) is -0.384. The fraction of sp³-hybridized carbons (Fsp3) is 0.417. The first-order valence-corrected chi connectivity index (χ1v) is 5.75. The van der Waals surface area contributed by atoms with Gasteiger partial charge in [0.2, 0.25) is 0 Å². The molecule has 98 valence electrons. The van der Waals surface area contributed by atoms with Gasteiger partial charge in [-0.15, -0.1) is 0 Å². The van der Waals surface area contributed by atoms with E-state index in [1.165, 1.54) is 12.1 Å². The molecule has 1 heterocycles. The SMILES string of the molecule is CO[C@@H]1CNCC1NC(=O)Nc1cccc(F)c1. The predicted molar refractivity (Wildman–Crippen MR) is 66.0 cm³/mol. The molecule has 3 N–H and O–H groups in total. The van der Waals surface area contributed by atoms with E-state index in [0.29, 0.717) is 18.8 Å². The highest BCUT2D eigenvalue weighted by molar-refractivity contribution is 5.89. The molecule has 1 saturated heterocycles. The Morgan fingerprint density at radius 3 is 3.06 bits per heavy atom. The minimum atomic E-state index is -0.384. The zero-order valence-electron chi connectivity index (χ0n) is 10.1. The molecule has 0 radical (unpaired) electrons. The van der Waals surface area contributed by atoms with Crippen molar-refractivity contribution in [3.05, 3.63) is 30.1 Å². The van der Waals surface area contributed by atoms with Crippen LogP contribution in [0, 0.1) is 5.82 Å². The maximum Gasteiger partial charge on any atom is 0.319 e. The maximum absolute atomic E-state index is 12.9. The van der Waals surface area contributed by atoms with Gasteiger partial charge >= 0.3 is 6.03 Å². The van der Waals surface area contributed by atoms with Gasteiger partial charge in [-0.2, -0.15) is 0 Å². The van der Waals surface area contributed by atoms with Crippen molar-refractivity contribution in [2.45, 2.75) is 12.1 Å². The average Bonchev–Trinajstić information content (AvgIpc) is 2.76. The van der Waals surface area contributed by atoms with Crippen LogP contribution in [0.1, 0.15) is 0 Å². The molecule has 1 aliphatic rings. The molecule has 0 aromatic heterocycles. The van der Waals surface area contributed by atoms with Gasteiger partial charge in [0, 0.05) is 25.9 Å². The summed E-state index contributed by atoms with van der Waals surface area (Å²) in [4.78, 5) is 11.7. The van der Waals surface area contributed by atoms with E-state index in [0.717, 1.165) is 0 Å². The summed E-state index contributed by atoms with van der Waals surface area (Å²) < 4.78 is 18.2. The summed E-state index contributed by atoms with van der Waals surface area (Å²) in [5, 5.41) is 8.49. The molecule has 2 amide bonds. The lowest BCUT2D eigenvalue weighted by Gasteiger charge is -2.18. The Morgan fingerprint density at radius 1 is 1.50 bits per heavy atom. The quantitative estimate of drug-likeness (QED) is 0.751. The van der Waals surface area contributed by atoms with Crippen molar-refractivity contribution in [3.63, 3.8) is 0 Å². The Bertz CT molecular complexity index is 428. The number of carbonyl (C=O) groups is 1. The predicted octanol–water partition coefficient (Wildman–Crippen LogP) is 0.934. The van der Waals surface area contributed by atoms with Crippen LogP contribution in [0.15, 0.2) is 24.3 Å². The number of methoxy groups -OCH3 is 1. The number of rotatable bonds is 3. The third kappa shape index (κ3) is 3.18. The Kier molecular flexibility index (Phi) is 4.11. The van der Waals surface area contributed by atoms with Crippen molar-refractivity contribution in [1.29, 1.82) is 0 Å². The van der Waals surface area contributed by atoms with E-state index < -0.39 is 0 Å². The summed E-state index contributed by atoms with van der Waals surface area (Å²) in [7, 11) is 1.61. The number of carbonyl (C=O) groups excluding carboxylic acids is 1. The molecule has 18 heavy (non-hydrogen) atoms. The second-order valence-electron chi connectivity index (χ2n) is 4.15. The Balaban J connectivity index is 1.89. The van der Waals surface area contributed by atoms with Crippen LogP contribution in [0.2, 0.25) is 0 Å². The normalized spacial score (nSPS) is 22.8. The van der Waals surface area contributed by atoms with E-state index in [1.54, 1.807) is 19.2 Å². The summed E-state index contributed by atoms with van der Waals surface area (Å²) in [6, 6.07) is 5.31. The highest BCUT2D eigenvalue weighted by Crippen LogP contribution is 2.09. The van der Waals surface area contributed by atoms with Crippen LogP contribution in [-0.4, -0.2) is 38.4 Å². The highest BCUT2D eigenvalue weighted by Gasteiger charge is 2.28. The minimum Gasteiger partial charge on any atom is -0.378 e. The van der Waals surface area contributed by atoms with Crippen LogP contribution in [0.5, 0.6) is 0 Å². The molecule has 0 spiro atoms. The number of benzene rings is 1. The van der Waals surface area contributed by atoms with Crippen molar-refractivity contribution in [1.82, 2.24) is 10.6 Å². The van der Waals surface area contributed by atoms with Gasteiger partial charge in [-0.05, 0) is 18.2 Å². The van der Waals surface area contributed by atoms with Crippen LogP contribution in [0.25, 0.3) is 0 Å². The first-order valence-electron chi connectivity index (χ1n) is 5.75. The molecule has 1 fully saturated rings. The smallest absolute Gasteiger partial charge is 0.319 e. The number of amides is 2. The number of urea groups is 1. The van der Waals surface area contributed by atoms with Crippen LogP contribution < -0.4 is 16.0 Å². The first kappa shape index (κ1) is 12.8. The largest absolute Gasteiger partial charge is 0.378 e. The van der Waals surface area contributed by atoms with Crippen LogP contribution >= 0.6 is 0 Å². The van der Waals surface area contributed by atoms with Crippen molar-refractivity contribution in [2.24, 2.45) is 0 Å². The maximum atomic E-state index is 12.9. The molecular formula is C12H16FN3O2. The van der Waals surface area contributed by atoms with Crippen molar-refractivity contribution >= 4 is 11.7 Å². The van der Waals surface area contributed by atoms with Crippen LogP contribution in [0.3, 0.4) is 0 Å². The third-order valence-electron chi connectivity index (χ3n) is 2.86. The number of anilines is 1. The lowest BCUT2D eigenvalue weighted by atomic mass is 10.2. The number of hydrogen-bond acceptors (Lipinski definition) is 3. The molecule has 6 heteroatoms. The van der Waals surface area contributed by atoms with Gasteiger partial charge < -0.3 is 20.7 Å². The summed E-state index contributed by atoms with van der Waals surface area (Å²) >= 11 is 0. The van der Waals surface area contributed by atoms with E-state index in [1.807, 2.05) is 0 Å². The van der Waals surface area contributed by atoms with Crippen LogP contribution in [0.4, 0.5) is 14.9 Å². The number of halogens is 1. The van der Waals surface area contributed by atoms with Gasteiger partial charge in [-0.3, -0.25) is 0 Å². The van der Waals surface area contributed by atoms with Gasteiger partial charge in [0.25, 0.3) is 0 Å². The van der Waals surface area contributed by atoms with Gasteiger partial charge in [-0.25, -0.2) is 9.18 Å². The number of hydrogen-bond donors (Lipinski definition) is 3. The molecule has 0 bridgehead atoms. The standard InChI is InChI=1S/C12H16FN3O2/c1-18-11-7-14-6-10(11)16-12(17)15-9-4-2-3-8(13)5-9/h2-5,10-11,14H,6-7H2,1H3,(H2,15,16,17)/t10?,11-/m1/s1. The molecule has 1 aliphatic heterocycles. The lowest BCUT2D eigenvalue weighted by molar-refractivity contribution is 0.0991. The zero-order valence-corrected chi connectivity index (χ0v) is 10.1. The zero-order chi connectivity index (χ0) is 13.0. The van der Waals surface area contributed by atoms with Crippen molar-refractivity contribution < 1.29 is 13.9 Å². The number of ether oxygens (including phenoxy) is 1. The minimum absolute atomic E-state index is 0.0386. The van der Waals surface area contributed by atoms with E-state index >= 15 is 0 Å². The third-order valence-corrected chi connectivity index (χ3v) is 2.86. The molecule has 1 aromatic rings. The van der Waals surface area contributed by atoms with Gasteiger partial charge in [-0.1, -0.05) is 6.07 Å². The summed E-state index contributed by atoms with van der Waals surface area (Å²) in [5.41, 5.74) is 0.424. The molecule has 1 aromatic carbocycles. The van der Waals surface area contributed by atoms with E-state index in [-0.39, 0.29) is 24.0 Å². The summed E-state index contributed by atoms with van der Waals surface area (Å²) in [6.45, 7) is 1.37. The van der Waals surface area contributed by atoms with Crippen molar-refractivity contribution in [2.75, 3.05) is 25.5 Å². The fourth-order valence-corrected chi connectivity index (χ4v) is 1.95. The first-order chi connectivity index (χ1) is 8.69. The Labute approximate surface area is 105 Å².